The number of hydrogen-bond donors (Lipinski definition) is 1. The van der Waals surface area contributed by atoms with Crippen molar-refractivity contribution in [1.82, 2.24) is 4.90 Å². The van der Waals surface area contributed by atoms with Gasteiger partial charge in [-0.05, 0) is 45.4 Å². The summed E-state index contributed by atoms with van der Waals surface area (Å²) in [6.45, 7) is 10.6. The summed E-state index contributed by atoms with van der Waals surface area (Å²) in [4.78, 5) is 25.7. The van der Waals surface area contributed by atoms with E-state index in [1.54, 1.807) is 4.90 Å². The van der Waals surface area contributed by atoms with E-state index < -0.39 is 17.5 Å². The SMILES string of the molecule is CC1(C)CCCC2(CN(C(=O)OC(C)(C)C)CC2C(=O)O)C1. The molecule has 1 aliphatic heterocycles. The molecule has 1 N–H and O–H groups in total. The number of amides is 1. The van der Waals surface area contributed by atoms with Crippen molar-refractivity contribution in [3.8, 4) is 0 Å². The first-order valence-corrected chi connectivity index (χ1v) is 8.15. The molecule has 0 radical (unpaired) electrons. The maximum atomic E-state index is 12.3. The highest BCUT2D eigenvalue weighted by Gasteiger charge is 2.55. The molecule has 5 nitrogen and oxygen atoms in total. The van der Waals surface area contributed by atoms with Gasteiger partial charge in [-0.3, -0.25) is 4.79 Å². The van der Waals surface area contributed by atoms with Crippen molar-refractivity contribution in [3.63, 3.8) is 0 Å². The van der Waals surface area contributed by atoms with Gasteiger partial charge in [-0.25, -0.2) is 4.79 Å². The molecule has 2 aliphatic rings. The van der Waals surface area contributed by atoms with Crippen LogP contribution in [0.15, 0.2) is 0 Å². The second-order valence-corrected chi connectivity index (χ2v) is 8.81. The van der Waals surface area contributed by atoms with Gasteiger partial charge in [-0.1, -0.05) is 20.3 Å². The van der Waals surface area contributed by atoms with E-state index in [1.807, 2.05) is 20.8 Å². The van der Waals surface area contributed by atoms with Gasteiger partial charge in [0.1, 0.15) is 5.60 Å². The van der Waals surface area contributed by atoms with Crippen LogP contribution in [0.5, 0.6) is 0 Å². The maximum Gasteiger partial charge on any atom is 0.410 e. The molecule has 2 rings (SSSR count). The number of carboxylic acids is 1. The van der Waals surface area contributed by atoms with Gasteiger partial charge in [0.15, 0.2) is 0 Å². The Morgan fingerprint density at radius 1 is 1.23 bits per heavy atom. The topological polar surface area (TPSA) is 66.8 Å². The number of ether oxygens (including phenoxy) is 1. The highest BCUT2D eigenvalue weighted by atomic mass is 16.6. The molecule has 0 aromatic heterocycles. The maximum absolute atomic E-state index is 12.3. The first-order chi connectivity index (χ1) is 9.94. The molecule has 2 fully saturated rings. The average molecular weight is 311 g/mol. The molecule has 0 bridgehead atoms. The second-order valence-electron chi connectivity index (χ2n) is 8.81. The summed E-state index contributed by atoms with van der Waals surface area (Å²) in [5, 5.41) is 9.65. The number of nitrogens with zero attached hydrogens (tertiary/aromatic N) is 1. The highest BCUT2D eigenvalue weighted by molar-refractivity contribution is 5.75. The molecule has 0 aromatic carbocycles. The molecular weight excluding hydrogens is 282 g/mol. The zero-order valence-corrected chi connectivity index (χ0v) is 14.4. The summed E-state index contributed by atoms with van der Waals surface area (Å²) < 4.78 is 5.43. The zero-order valence-electron chi connectivity index (χ0n) is 14.4. The van der Waals surface area contributed by atoms with Crippen LogP contribution in [0, 0.1) is 16.7 Å². The van der Waals surface area contributed by atoms with Crippen molar-refractivity contribution in [2.24, 2.45) is 16.7 Å². The number of likely N-dealkylation sites (tertiary alicyclic amines) is 1. The van der Waals surface area contributed by atoms with Gasteiger partial charge in [-0.2, -0.15) is 0 Å². The Balaban J connectivity index is 2.20. The third-order valence-corrected chi connectivity index (χ3v) is 4.96. The van der Waals surface area contributed by atoms with Crippen LogP contribution < -0.4 is 0 Å². The molecule has 1 aliphatic carbocycles. The summed E-state index contributed by atoms with van der Waals surface area (Å²) >= 11 is 0. The van der Waals surface area contributed by atoms with Gasteiger partial charge in [-0.15, -0.1) is 0 Å². The number of carbonyl (C=O) groups is 2. The normalized spacial score (nSPS) is 31.3. The highest BCUT2D eigenvalue weighted by Crippen LogP contribution is 2.53. The van der Waals surface area contributed by atoms with Gasteiger partial charge < -0.3 is 14.7 Å². The third-order valence-electron chi connectivity index (χ3n) is 4.96. The molecule has 1 saturated heterocycles. The number of carbonyl (C=O) groups excluding carboxylic acids is 1. The molecule has 126 valence electrons. The van der Waals surface area contributed by atoms with Crippen LogP contribution >= 0.6 is 0 Å². The first-order valence-electron chi connectivity index (χ1n) is 8.15. The van der Waals surface area contributed by atoms with Crippen LogP contribution in [0.2, 0.25) is 0 Å². The fourth-order valence-corrected chi connectivity index (χ4v) is 4.26. The Morgan fingerprint density at radius 3 is 2.36 bits per heavy atom. The van der Waals surface area contributed by atoms with E-state index in [4.69, 9.17) is 4.74 Å². The van der Waals surface area contributed by atoms with E-state index in [-0.39, 0.29) is 23.5 Å². The summed E-state index contributed by atoms with van der Waals surface area (Å²) in [7, 11) is 0. The van der Waals surface area contributed by atoms with Gasteiger partial charge in [0, 0.05) is 18.5 Å². The molecule has 1 heterocycles. The molecule has 22 heavy (non-hydrogen) atoms. The molecule has 1 saturated carbocycles. The molecular formula is C17H29NO4. The standard InChI is InChI=1S/C17H29NO4/c1-15(2,3)22-14(21)18-9-12(13(19)20)17(11-18)8-6-7-16(4,5)10-17/h12H,6-11H2,1-5H3,(H,19,20). The van der Waals surface area contributed by atoms with Gasteiger partial charge in [0.25, 0.3) is 0 Å². The molecule has 1 spiro atoms. The predicted molar refractivity (Wildman–Crippen MR) is 83.6 cm³/mol. The summed E-state index contributed by atoms with van der Waals surface area (Å²) in [5.74, 6) is -1.27. The average Bonchev–Trinajstić information content (AvgIpc) is 2.64. The lowest BCUT2D eigenvalue weighted by Crippen LogP contribution is -2.42. The van der Waals surface area contributed by atoms with Crippen molar-refractivity contribution < 1.29 is 19.4 Å². The Bertz CT molecular complexity index is 466. The van der Waals surface area contributed by atoms with Crippen molar-refractivity contribution in [1.29, 1.82) is 0 Å². The smallest absolute Gasteiger partial charge is 0.410 e. The van der Waals surface area contributed by atoms with E-state index in [2.05, 4.69) is 13.8 Å². The van der Waals surface area contributed by atoms with E-state index in [1.165, 1.54) is 0 Å². The number of hydrogen-bond acceptors (Lipinski definition) is 3. The number of aliphatic carboxylic acids is 1. The van der Waals surface area contributed by atoms with E-state index in [0.29, 0.717) is 6.54 Å². The monoisotopic (exact) mass is 311 g/mol. The summed E-state index contributed by atoms with van der Waals surface area (Å²) in [6.07, 6.45) is 3.49. The third kappa shape index (κ3) is 3.55. The molecule has 5 heteroatoms. The lowest BCUT2D eigenvalue weighted by molar-refractivity contribution is -0.146. The molecule has 0 aromatic rings. The lowest BCUT2D eigenvalue weighted by atomic mass is 9.60. The minimum atomic E-state index is -0.788. The van der Waals surface area contributed by atoms with Crippen molar-refractivity contribution >= 4 is 12.1 Å². The van der Waals surface area contributed by atoms with Crippen LogP contribution in [0.1, 0.15) is 60.3 Å². The molecule has 2 unspecified atom stereocenters. The van der Waals surface area contributed by atoms with Gasteiger partial charge in [0.05, 0.1) is 5.92 Å². The van der Waals surface area contributed by atoms with Crippen LogP contribution in [0.3, 0.4) is 0 Å². The van der Waals surface area contributed by atoms with Crippen LogP contribution in [0.25, 0.3) is 0 Å². The van der Waals surface area contributed by atoms with E-state index in [0.717, 1.165) is 25.7 Å². The molecule has 1 amide bonds. The summed E-state index contributed by atoms with van der Waals surface area (Å²) in [5.41, 5.74) is -0.724. The Hall–Kier alpha value is -1.26. The van der Waals surface area contributed by atoms with Crippen molar-refractivity contribution in [3.05, 3.63) is 0 Å². The van der Waals surface area contributed by atoms with Crippen LogP contribution in [0.4, 0.5) is 4.79 Å². The first kappa shape index (κ1) is 17.1. The number of carboxylic acid groups (broad SMARTS) is 1. The Labute approximate surface area is 133 Å². The lowest BCUT2D eigenvalue weighted by Gasteiger charge is -2.44. The van der Waals surface area contributed by atoms with E-state index in [9.17, 15) is 14.7 Å². The quantitative estimate of drug-likeness (QED) is 0.804. The second kappa shape index (κ2) is 5.43. The minimum Gasteiger partial charge on any atom is -0.481 e. The van der Waals surface area contributed by atoms with Crippen molar-refractivity contribution in [2.45, 2.75) is 65.9 Å². The predicted octanol–water partition coefficient (Wildman–Crippen LogP) is 3.52. The van der Waals surface area contributed by atoms with Crippen LogP contribution in [-0.4, -0.2) is 40.8 Å². The minimum absolute atomic E-state index is 0.135. The largest absolute Gasteiger partial charge is 0.481 e. The number of rotatable bonds is 1. The zero-order chi connectivity index (χ0) is 16.8. The summed E-state index contributed by atoms with van der Waals surface area (Å²) in [6, 6.07) is 0. The Kier molecular flexibility index (Phi) is 4.22. The fraction of sp³-hybridized carbons (Fsp3) is 0.882. The van der Waals surface area contributed by atoms with E-state index >= 15 is 0 Å². The van der Waals surface area contributed by atoms with Crippen LogP contribution in [-0.2, 0) is 9.53 Å². The van der Waals surface area contributed by atoms with Gasteiger partial charge >= 0.3 is 12.1 Å². The van der Waals surface area contributed by atoms with Gasteiger partial charge in [0.2, 0.25) is 0 Å². The Morgan fingerprint density at radius 2 is 1.86 bits per heavy atom. The van der Waals surface area contributed by atoms with Crippen molar-refractivity contribution in [2.75, 3.05) is 13.1 Å². The fourth-order valence-electron chi connectivity index (χ4n) is 4.26. The molecule has 2 atom stereocenters.